The smallest absolute Gasteiger partial charge is 0.231 e. The average Bonchev–Trinajstić information content (AvgIpc) is 3.05. The van der Waals surface area contributed by atoms with E-state index in [1.807, 2.05) is 27.6 Å². The molecule has 0 aliphatic carbocycles. The highest BCUT2D eigenvalue weighted by Crippen LogP contribution is 2.25. The second-order valence-electron chi connectivity index (χ2n) is 6.99. The van der Waals surface area contributed by atoms with Crippen molar-refractivity contribution in [3.8, 4) is 0 Å². The molecular weight excluding hydrogens is 340 g/mol. The van der Waals surface area contributed by atoms with Gasteiger partial charge in [-0.3, -0.25) is 9.20 Å². The number of piperazine rings is 1. The zero-order chi connectivity index (χ0) is 17.4. The van der Waals surface area contributed by atoms with Crippen molar-refractivity contribution in [3.05, 3.63) is 23.4 Å². The molecule has 4 rings (SSSR count). The quantitative estimate of drug-likeness (QED) is 0.807. The van der Waals surface area contributed by atoms with Crippen LogP contribution in [0.1, 0.15) is 12.8 Å². The van der Waals surface area contributed by atoms with Crippen molar-refractivity contribution in [2.45, 2.75) is 12.8 Å². The predicted octanol–water partition coefficient (Wildman–Crippen LogP) is 1.37. The number of rotatable bonds is 2. The Kier molecular flexibility index (Phi) is 4.52. The van der Waals surface area contributed by atoms with Gasteiger partial charge in [-0.25, -0.2) is 0 Å². The van der Waals surface area contributed by atoms with Gasteiger partial charge in [0, 0.05) is 45.5 Å². The van der Waals surface area contributed by atoms with Crippen LogP contribution in [0.5, 0.6) is 0 Å². The second kappa shape index (κ2) is 6.80. The number of aromatic nitrogens is 3. The second-order valence-corrected chi connectivity index (χ2v) is 7.43. The molecule has 2 aliphatic rings. The fraction of sp³-hybridized carbons (Fsp3) is 0.588. The normalized spacial score (nSPS) is 22.6. The van der Waals surface area contributed by atoms with E-state index in [-0.39, 0.29) is 11.8 Å². The van der Waals surface area contributed by atoms with Crippen molar-refractivity contribution >= 4 is 29.1 Å². The van der Waals surface area contributed by atoms with E-state index in [9.17, 15) is 4.79 Å². The third-order valence-electron chi connectivity index (χ3n) is 5.22. The van der Waals surface area contributed by atoms with Crippen molar-refractivity contribution in [2.24, 2.45) is 5.92 Å². The molecule has 7 nitrogen and oxygen atoms in total. The number of piperidine rings is 1. The van der Waals surface area contributed by atoms with Gasteiger partial charge in [0.1, 0.15) is 0 Å². The van der Waals surface area contributed by atoms with Crippen LogP contribution in [0.25, 0.3) is 5.65 Å². The molecule has 0 unspecified atom stereocenters. The number of hydrogen-bond donors (Lipinski definition) is 0. The summed E-state index contributed by atoms with van der Waals surface area (Å²) in [6, 6.07) is 3.67. The third kappa shape index (κ3) is 3.30. The first kappa shape index (κ1) is 16.6. The molecule has 25 heavy (non-hydrogen) atoms. The summed E-state index contributed by atoms with van der Waals surface area (Å²) in [5.74, 6) is 1.08. The zero-order valence-electron chi connectivity index (χ0n) is 14.4. The van der Waals surface area contributed by atoms with Crippen molar-refractivity contribution in [1.82, 2.24) is 24.4 Å². The summed E-state index contributed by atoms with van der Waals surface area (Å²) in [6.45, 7) is 5.15. The summed E-state index contributed by atoms with van der Waals surface area (Å²) in [5, 5.41) is 9.19. The highest BCUT2D eigenvalue weighted by Gasteiger charge is 2.32. The number of anilines is 1. The first-order valence-corrected chi connectivity index (χ1v) is 9.22. The maximum absolute atomic E-state index is 12.9. The lowest BCUT2D eigenvalue weighted by Gasteiger charge is -2.38. The van der Waals surface area contributed by atoms with Gasteiger partial charge in [-0.15, -0.1) is 10.2 Å². The number of carbonyl (C=O) groups is 1. The summed E-state index contributed by atoms with van der Waals surface area (Å²) in [5.41, 5.74) is 0.770. The molecule has 0 bridgehead atoms. The first-order chi connectivity index (χ1) is 12.1. The van der Waals surface area contributed by atoms with Gasteiger partial charge in [-0.2, -0.15) is 0 Å². The van der Waals surface area contributed by atoms with Gasteiger partial charge in [0.2, 0.25) is 11.9 Å². The van der Waals surface area contributed by atoms with Gasteiger partial charge in [-0.05, 0) is 32.0 Å². The summed E-state index contributed by atoms with van der Waals surface area (Å²) >= 11 is 6.12. The van der Waals surface area contributed by atoms with E-state index in [1.54, 1.807) is 0 Å². The van der Waals surface area contributed by atoms with E-state index in [1.165, 1.54) is 0 Å². The first-order valence-electron chi connectivity index (χ1n) is 8.84. The summed E-state index contributed by atoms with van der Waals surface area (Å²) in [4.78, 5) is 19.4. The number of halogens is 1. The fourth-order valence-corrected chi connectivity index (χ4v) is 3.87. The Hall–Kier alpha value is -1.86. The van der Waals surface area contributed by atoms with Gasteiger partial charge >= 0.3 is 0 Å². The standard InChI is InChI=1S/C17H23ClN6O/c1-21-7-9-22(10-8-21)16(25)13-3-2-6-23(11-13)17-20-19-15-5-4-14(18)12-24(15)17/h4-5,12-13H,2-3,6-11H2,1H3/t13-/m0/s1. The monoisotopic (exact) mass is 362 g/mol. The van der Waals surface area contributed by atoms with Crippen molar-refractivity contribution in [1.29, 1.82) is 0 Å². The summed E-state index contributed by atoms with van der Waals surface area (Å²) in [6.07, 6.45) is 3.76. The molecule has 0 spiro atoms. The average molecular weight is 363 g/mol. The van der Waals surface area contributed by atoms with Gasteiger partial charge < -0.3 is 14.7 Å². The number of likely N-dealkylation sites (N-methyl/N-ethyl adjacent to an activating group) is 1. The molecule has 2 fully saturated rings. The van der Waals surface area contributed by atoms with Crippen LogP contribution < -0.4 is 4.90 Å². The van der Waals surface area contributed by atoms with E-state index in [2.05, 4.69) is 27.0 Å². The molecule has 1 amide bonds. The summed E-state index contributed by atoms with van der Waals surface area (Å²) in [7, 11) is 2.10. The van der Waals surface area contributed by atoms with Crippen molar-refractivity contribution in [3.63, 3.8) is 0 Å². The van der Waals surface area contributed by atoms with Crippen LogP contribution in [-0.4, -0.2) is 76.6 Å². The molecule has 0 aromatic carbocycles. The molecule has 4 heterocycles. The molecule has 134 valence electrons. The Morgan fingerprint density at radius 3 is 2.76 bits per heavy atom. The summed E-state index contributed by atoms with van der Waals surface area (Å²) < 4.78 is 1.91. The number of amides is 1. The molecule has 0 radical (unpaired) electrons. The lowest BCUT2D eigenvalue weighted by Crippen LogP contribution is -2.51. The van der Waals surface area contributed by atoms with Crippen molar-refractivity contribution < 1.29 is 4.79 Å². The Morgan fingerprint density at radius 1 is 1.16 bits per heavy atom. The van der Waals surface area contributed by atoms with Crippen LogP contribution >= 0.6 is 11.6 Å². The Bertz CT molecular complexity index is 770. The Balaban J connectivity index is 1.50. The van der Waals surface area contributed by atoms with Crippen LogP contribution in [0.3, 0.4) is 0 Å². The van der Waals surface area contributed by atoms with Crippen molar-refractivity contribution in [2.75, 3.05) is 51.2 Å². The van der Waals surface area contributed by atoms with Crippen LogP contribution in [-0.2, 0) is 4.79 Å². The minimum atomic E-state index is 0.0312. The third-order valence-corrected chi connectivity index (χ3v) is 5.44. The van der Waals surface area contributed by atoms with Crippen LogP contribution in [0.4, 0.5) is 5.95 Å². The number of hydrogen-bond acceptors (Lipinski definition) is 5. The lowest BCUT2D eigenvalue weighted by molar-refractivity contribution is -0.137. The Morgan fingerprint density at radius 2 is 1.96 bits per heavy atom. The number of fused-ring (bicyclic) bond motifs is 1. The minimum absolute atomic E-state index is 0.0312. The van der Waals surface area contributed by atoms with Crippen LogP contribution in [0, 0.1) is 5.92 Å². The minimum Gasteiger partial charge on any atom is -0.340 e. The lowest BCUT2D eigenvalue weighted by atomic mass is 9.96. The van der Waals surface area contributed by atoms with Gasteiger partial charge in [0.25, 0.3) is 0 Å². The highest BCUT2D eigenvalue weighted by atomic mass is 35.5. The van der Waals surface area contributed by atoms with Gasteiger partial charge in [-0.1, -0.05) is 11.6 Å². The van der Waals surface area contributed by atoms with E-state index >= 15 is 0 Å². The molecule has 0 saturated carbocycles. The molecule has 0 N–H and O–H groups in total. The van der Waals surface area contributed by atoms with E-state index in [0.717, 1.165) is 57.2 Å². The largest absolute Gasteiger partial charge is 0.340 e. The van der Waals surface area contributed by atoms with E-state index in [4.69, 9.17) is 11.6 Å². The molecule has 8 heteroatoms. The Labute approximate surface area is 152 Å². The highest BCUT2D eigenvalue weighted by molar-refractivity contribution is 6.30. The molecule has 2 aromatic heterocycles. The van der Waals surface area contributed by atoms with Crippen LogP contribution in [0.15, 0.2) is 18.3 Å². The predicted molar refractivity (Wildman–Crippen MR) is 97.0 cm³/mol. The van der Waals surface area contributed by atoms with Gasteiger partial charge in [0.15, 0.2) is 5.65 Å². The molecule has 2 saturated heterocycles. The number of nitrogens with zero attached hydrogens (tertiary/aromatic N) is 6. The topological polar surface area (TPSA) is 57.0 Å². The number of carbonyl (C=O) groups excluding carboxylic acids is 1. The number of pyridine rings is 1. The fourth-order valence-electron chi connectivity index (χ4n) is 3.71. The molecular formula is C17H23ClN6O. The van der Waals surface area contributed by atoms with Gasteiger partial charge in [0.05, 0.1) is 10.9 Å². The van der Waals surface area contributed by atoms with Crippen LogP contribution in [0.2, 0.25) is 5.02 Å². The SMILES string of the molecule is CN1CCN(C(=O)[C@H]2CCCN(c3nnc4ccc(Cl)cn34)C2)CC1. The zero-order valence-corrected chi connectivity index (χ0v) is 15.2. The maximum Gasteiger partial charge on any atom is 0.231 e. The maximum atomic E-state index is 12.9. The molecule has 1 atom stereocenters. The van der Waals surface area contributed by atoms with E-state index < -0.39 is 0 Å². The molecule has 2 aromatic rings. The van der Waals surface area contributed by atoms with E-state index in [0.29, 0.717) is 11.6 Å². The molecule has 2 aliphatic heterocycles.